The SMILES string of the molecule is CC(C)(C)OC(=O)N1CCC(C(N)C2CCC2)CC1. The highest BCUT2D eigenvalue weighted by Gasteiger charge is 2.34. The van der Waals surface area contributed by atoms with Crippen LogP contribution in [0.4, 0.5) is 4.79 Å². The smallest absolute Gasteiger partial charge is 0.410 e. The quantitative estimate of drug-likeness (QED) is 0.838. The van der Waals surface area contributed by atoms with Crippen LogP contribution in [-0.2, 0) is 4.74 Å². The number of piperidine rings is 1. The molecule has 19 heavy (non-hydrogen) atoms. The lowest BCUT2D eigenvalue weighted by molar-refractivity contribution is 0.0157. The largest absolute Gasteiger partial charge is 0.444 e. The van der Waals surface area contributed by atoms with E-state index in [2.05, 4.69) is 0 Å². The number of likely N-dealkylation sites (tertiary alicyclic amines) is 1. The Morgan fingerprint density at radius 3 is 2.11 bits per heavy atom. The summed E-state index contributed by atoms with van der Waals surface area (Å²) in [7, 11) is 0. The lowest BCUT2D eigenvalue weighted by Crippen LogP contribution is -2.48. The van der Waals surface area contributed by atoms with Gasteiger partial charge in [-0.25, -0.2) is 4.79 Å². The van der Waals surface area contributed by atoms with Gasteiger partial charge >= 0.3 is 6.09 Å². The highest BCUT2D eigenvalue weighted by molar-refractivity contribution is 5.68. The predicted octanol–water partition coefficient (Wildman–Crippen LogP) is 2.76. The summed E-state index contributed by atoms with van der Waals surface area (Å²) < 4.78 is 5.41. The molecule has 1 atom stereocenters. The van der Waals surface area contributed by atoms with Crippen molar-refractivity contribution in [2.75, 3.05) is 13.1 Å². The fourth-order valence-electron chi connectivity index (χ4n) is 3.00. The first-order valence-corrected chi connectivity index (χ1v) is 7.60. The van der Waals surface area contributed by atoms with E-state index in [9.17, 15) is 4.79 Å². The summed E-state index contributed by atoms with van der Waals surface area (Å²) in [6.07, 6.45) is 5.81. The minimum absolute atomic E-state index is 0.178. The lowest BCUT2D eigenvalue weighted by Gasteiger charge is -2.40. The molecule has 0 spiro atoms. The number of ether oxygens (including phenoxy) is 1. The summed E-state index contributed by atoms with van der Waals surface area (Å²) in [4.78, 5) is 13.8. The molecule has 1 amide bonds. The molecule has 2 N–H and O–H groups in total. The van der Waals surface area contributed by atoms with Gasteiger partial charge < -0.3 is 15.4 Å². The molecule has 2 aliphatic rings. The van der Waals surface area contributed by atoms with Gasteiger partial charge in [-0.15, -0.1) is 0 Å². The van der Waals surface area contributed by atoms with Gasteiger partial charge in [0.05, 0.1) is 0 Å². The van der Waals surface area contributed by atoms with Crippen molar-refractivity contribution in [1.82, 2.24) is 4.90 Å². The number of amides is 1. The molecule has 0 aromatic carbocycles. The zero-order valence-corrected chi connectivity index (χ0v) is 12.5. The maximum absolute atomic E-state index is 12.0. The Hall–Kier alpha value is -0.770. The highest BCUT2D eigenvalue weighted by Crippen LogP contribution is 2.35. The van der Waals surface area contributed by atoms with Crippen LogP contribution in [0.5, 0.6) is 0 Å². The third-order valence-electron chi connectivity index (χ3n) is 4.43. The van der Waals surface area contributed by atoms with E-state index in [4.69, 9.17) is 10.5 Å². The summed E-state index contributed by atoms with van der Waals surface area (Å²) in [5, 5.41) is 0. The Kier molecular flexibility index (Phi) is 4.39. The van der Waals surface area contributed by atoms with E-state index in [1.807, 2.05) is 25.7 Å². The molecule has 2 fully saturated rings. The molecule has 0 aromatic heterocycles. The molecule has 0 radical (unpaired) electrons. The van der Waals surface area contributed by atoms with Crippen molar-refractivity contribution in [3.05, 3.63) is 0 Å². The molecule has 110 valence electrons. The minimum atomic E-state index is -0.406. The van der Waals surface area contributed by atoms with E-state index < -0.39 is 5.60 Å². The zero-order chi connectivity index (χ0) is 14.0. The van der Waals surface area contributed by atoms with E-state index in [-0.39, 0.29) is 6.09 Å². The second-order valence-electron chi connectivity index (χ2n) is 7.07. The molecule has 1 saturated carbocycles. The fraction of sp³-hybridized carbons (Fsp3) is 0.933. The summed E-state index contributed by atoms with van der Waals surface area (Å²) in [5.74, 6) is 1.32. The van der Waals surface area contributed by atoms with Crippen LogP contribution >= 0.6 is 0 Å². The second kappa shape index (κ2) is 5.70. The van der Waals surface area contributed by atoms with Crippen LogP contribution in [0, 0.1) is 11.8 Å². The van der Waals surface area contributed by atoms with Crippen LogP contribution in [0.2, 0.25) is 0 Å². The third kappa shape index (κ3) is 3.85. The van der Waals surface area contributed by atoms with E-state index >= 15 is 0 Å². The summed E-state index contributed by atoms with van der Waals surface area (Å²) >= 11 is 0. The lowest BCUT2D eigenvalue weighted by atomic mass is 9.73. The van der Waals surface area contributed by atoms with Gasteiger partial charge in [-0.2, -0.15) is 0 Å². The first-order chi connectivity index (χ1) is 8.87. The van der Waals surface area contributed by atoms with Gasteiger partial charge in [-0.1, -0.05) is 6.42 Å². The van der Waals surface area contributed by atoms with Crippen molar-refractivity contribution in [2.45, 2.75) is 64.5 Å². The summed E-state index contributed by atoms with van der Waals surface area (Å²) in [6.45, 7) is 7.30. The normalized spacial score (nSPS) is 23.9. The van der Waals surface area contributed by atoms with Crippen molar-refractivity contribution >= 4 is 6.09 Å². The van der Waals surface area contributed by atoms with E-state index in [1.54, 1.807) is 0 Å². The Balaban J connectivity index is 1.77. The van der Waals surface area contributed by atoms with Crippen LogP contribution in [0.15, 0.2) is 0 Å². The summed E-state index contributed by atoms with van der Waals surface area (Å²) in [5.41, 5.74) is 5.94. The first kappa shape index (κ1) is 14.6. The van der Waals surface area contributed by atoms with Gasteiger partial charge in [-0.3, -0.25) is 0 Å². The Morgan fingerprint density at radius 2 is 1.68 bits per heavy atom. The number of nitrogens with two attached hydrogens (primary N) is 1. The van der Waals surface area contributed by atoms with Crippen molar-refractivity contribution < 1.29 is 9.53 Å². The molecule has 1 heterocycles. The number of carbonyl (C=O) groups is 1. The van der Waals surface area contributed by atoms with Gasteiger partial charge in [0.2, 0.25) is 0 Å². The Morgan fingerprint density at radius 1 is 1.16 bits per heavy atom. The van der Waals surface area contributed by atoms with Crippen molar-refractivity contribution in [2.24, 2.45) is 17.6 Å². The maximum atomic E-state index is 12.0. The molecular formula is C15H28N2O2. The predicted molar refractivity (Wildman–Crippen MR) is 75.8 cm³/mol. The molecule has 0 aromatic rings. The molecule has 0 bridgehead atoms. The molecule has 4 heteroatoms. The molecule has 2 rings (SSSR count). The number of hydrogen-bond donors (Lipinski definition) is 1. The standard InChI is InChI=1S/C15H28N2O2/c1-15(2,3)19-14(18)17-9-7-12(8-10-17)13(16)11-5-4-6-11/h11-13H,4-10,16H2,1-3H3. The maximum Gasteiger partial charge on any atom is 0.410 e. The van der Waals surface area contributed by atoms with Crippen LogP contribution < -0.4 is 5.73 Å². The third-order valence-corrected chi connectivity index (χ3v) is 4.43. The average molecular weight is 268 g/mol. The Labute approximate surface area is 116 Å². The minimum Gasteiger partial charge on any atom is -0.444 e. The van der Waals surface area contributed by atoms with Crippen LogP contribution in [0.3, 0.4) is 0 Å². The molecule has 1 aliphatic heterocycles. The van der Waals surface area contributed by atoms with Crippen molar-refractivity contribution in [3.8, 4) is 0 Å². The molecule has 1 aliphatic carbocycles. The zero-order valence-electron chi connectivity index (χ0n) is 12.5. The summed E-state index contributed by atoms with van der Waals surface area (Å²) in [6, 6.07) is 0.342. The molecular weight excluding hydrogens is 240 g/mol. The Bertz CT molecular complexity index is 313. The van der Waals surface area contributed by atoms with Gasteiger partial charge in [0.15, 0.2) is 0 Å². The van der Waals surface area contributed by atoms with E-state index in [1.165, 1.54) is 19.3 Å². The molecule has 1 unspecified atom stereocenters. The molecule has 1 saturated heterocycles. The van der Waals surface area contributed by atoms with Gasteiger partial charge in [0.1, 0.15) is 5.60 Å². The molecule has 4 nitrogen and oxygen atoms in total. The van der Waals surface area contributed by atoms with E-state index in [0.717, 1.165) is 31.8 Å². The topological polar surface area (TPSA) is 55.6 Å². The van der Waals surface area contributed by atoms with Crippen molar-refractivity contribution in [1.29, 1.82) is 0 Å². The highest BCUT2D eigenvalue weighted by atomic mass is 16.6. The average Bonchev–Trinajstić information content (AvgIpc) is 2.24. The monoisotopic (exact) mass is 268 g/mol. The number of rotatable bonds is 2. The van der Waals surface area contributed by atoms with Gasteiger partial charge in [0, 0.05) is 19.1 Å². The number of nitrogens with zero attached hydrogens (tertiary/aromatic N) is 1. The number of carbonyl (C=O) groups excluding carboxylic acids is 1. The van der Waals surface area contributed by atoms with Crippen molar-refractivity contribution in [3.63, 3.8) is 0 Å². The van der Waals surface area contributed by atoms with Crippen LogP contribution in [-0.4, -0.2) is 35.7 Å². The van der Waals surface area contributed by atoms with Gasteiger partial charge in [-0.05, 0) is 58.3 Å². The van der Waals surface area contributed by atoms with Gasteiger partial charge in [0.25, 0.3) is 0 Å². The van der Waals surface area contributed by atoms with Crippen LogP contribution in [0.25, 0.3) is 0 Å². The second-order valence-corrected chi connectivity index (χ2v) is 7.07. The first-order valence-electron chi connectivity index (χ1n) is 7.60. The number of hydrogen-bond acceptors (Lipinski definition) is 3. The van der Waals surface area contributed by atoms with E-state index in [0.29, 0.717) is 12.0 Å². The van der Waals surface area contributed by atoms with Crippen LogP contribution in [0.1, 0.15) is 52.9 Å². The fourth-order valence-corrected chi connectivity index (χ4v) is 3.00.